The zero-order valence-electron chi connectivity index (χ0n) is 18.7. The zero-order valence-corrected chi connectivity index (χ0v) is 18.7. The van der Waals surface area contributed by atoms with E-state index in [1.807, 2.05) is 61.6 Å². The Morgan fingerprint density at radius 1 is 1.27 bits per heavy atom. The second kappa shape index (κ2) is 9.11. The van der Waals surface area contributed by atoms with Crippen molar-refractivity contribution in [2.45, 2.75) is 18.9 Å². The average molecular weight is 447 g/mol. The first-order chi connectivity index (χ1) is 16.0. The minimum atomic E-state index is -0.00310. The van der Waals surface area contributed by atoms with Crippen molar-refractivity contribution in [3.05, 3.63) is 54.4 Å². The van der Waals surface area contributed by atoms with Crippen molar-refractivity contribution in [3.63, 3.8) is 0 Å². The number of para-hydroxylation sites is 1. The lowest BCUT2D eigenvalue weighted by Crippen LogP contribution is -2.28. The molecule has 2 N–H and O–H groups in total. The van der Waals surface area contributed by atoms with Crippen LogP contribution in [0.4, 0.5) is 0 Å². The second-order valence-electron chi connectivity index (χ2n) is 7.67. The smallest absolute Gasteiger partial charge is 0.257 e. The van der Waals surface area contributed by atoms with Gasteiger partial charge in [-0.3, -0.25) is 14.3 Å². The molecule has 2 amide bonds. The Balaban J connectivity index is 0.000000821. The number of fused-ring (bicyclic) bond motifs is 1. The number of hydrogen-bond donors (Lipinski definition) is 1. The summed E-state index contributed by atoms with van der Waals surface area (Å²) in [5.41, 5.74) is 7.92. The van der Waals surface area contributed by atoms with Crippen LogP contribution in [0.25, 0.3) is 28.3 Å². The minimum absolute atomic E-state index is 0.00310. The highest BCUT2D eigenvalue weighted by atomic mass is 16.5. The van der Waals surface area contributed by atoms with Crippen molar-refractivity contribution in [3.8, 4) is 28.4 Å². The number of benzene rings is 1. The van der Waals surface area contributed by atoms with E-state index in [2.05, 4.69) is 20.9 Å². The summed E-state index contributed by atoms with van der Waals surface area (Å²) in [5, 5.41) is 8.92. The molecule has 0 spiro atoms. The van der Waals surface area contributed by atoms with Crippen molar-refractivity contribution in [1.82, 2.24) is 29.3 Å². The Morgan fingerprint density at radius 2 is 2.00 bits per heavy atom. The van der Waals surface area contributed by atoms with Gasteiger partial charge in [-0.1, -0.05) is 12.1 Å². The van der Waals surface area contributed by atoms with E-state index in [-0.39, 0.29) is 12.3 Å². The summed E-state index contributed by atoms with van der Waals surface area (Å²) in [6.45, 7) is 0. The third-order valence-electron chi connectivity index (χ3n) is 5.54. The predicted octanol–water partition coefficient (Wildman–Crippen LogP) is 2.14. The van der Waals surface area contributed by atoms with E-state index in [0.717, 1.165) is 35.4 Å². The maximum absolute atomic E-state index is 13.0. The summed E-state index contributed by atoms with van der Waals surface area (Å²) < 4.78 is 8.90. The lowest BCUT2D eigenvalue weighted by molar-refractivity contribution is -0.106. The summed E-state index contributed by atoms with van der Waals surface area (Å²) in [7, 11) is 5.34. The number of carbonyl (C=O) groups is 2. The molecule has 0 atom stereocenters. The molecule has 4 aromatic rings. The summed E-state index contributed by atoms with van der Waals surface area (Å²) in [6.07, 6.45) is 5.87. The maximum atomic E-state index is 13.0. The van der Waals surface area contributed by atoms with Crippen molar-refractivity contribution in [1.29, 1.82) is 0 Å². The molecule has 1 aliphatic carbocycles. The first-order valence-corrected chi connectivity index (χ1v) is 10.4. The molecule has 0 aliphatic heterocycles. The third-order valence-corrected chi connectivity index (χ3v) is 5.54. The number of nitrogens with zero attached hydrogens (tertiary/aromatic N) is 6. The van der Waals surface area contributed by atoms with Crippen LogP contribution >= 0.6 is 0 Å². The number of hydrogen-bond acceptors (Lipinski definition) is 6. The Labute approximate surface area is 190 Å². The fourth-order valence-electron chi connectivity index (χ4n) is 3.73. The van der Waals surface area contributed by atoms with Gasteiger partial charge in [-0.25, -0.2) is 9.50 Å². The molecule has 1 fully saturated rings. The fourth-order valence-corrected chi connectivity index (χ4v) is 3.73. The number of aromatic nitrogens is 5. The van der Waals surface area contributed by atoms with E-state index in [9.17, 15) is 4.79 Å². The molecule has 0 saturated heterocycles. The van der Waals surface area contributed by atoms with Crippen LogP contribution in [0.15, 0.2) is 48.8 Å². The Morgan fingerprint density at radius 3 is 2.70 bits per heavy atom. The van der Waals surface area contributed by atoms with Gasteiger partial charge in [0.15, 0.2) is 11.5 Å². The van der Waals surface area contributed by atoms with Gasteiger partial charge < -0.3 is 15.4 Å². The number of rotatable bonds is 5. The first-order valence-electron chi connectivity index (χ1n) is 10.4. The van der Waals surface area contributed by atoms with Crippen LogP contribution in [0, 0.1) is 0 Å². The van der Waals surface area contributed by atoms with Gasteiger partial charge >= 0.3 is 0 Å². The molecule has 1 saturated carbocycles. The van der Waals surface area contributed by atoms with Crippen molar-refractivity contribution < 1.29 is 14.3 Å². The van der Waals surface area contributed by atoms with Crippen molar-refractivity contribution >= 4 is 18.0 Å². The van der Waals surface area contributed by atoms with Gasteiger partial charge in [-0.2, -0.15) is 5.10 Å². The van der Waals surface area contributed by atoms with Gasteiger partial charge in [0.2, 0.25) is 6.41 Å². The lowest BCUT2D eigenvalue weighted by Gasteiger charge is -2.16. The number of nitrogens with two attached hydrogens (primary N) is 1. The van der Waals surface area contributed by atoms with Crippen LogP contribution in [0.2, 0.25) is 0 Å². The number of ether oxygens (including phenoxy) is 1. The molecule has 0 unspecified atom stereocenters. The molecule has 33 heavy (non-hydrogen) atoms. The highest BCUT2D eigenvalue weighted by Gasteiger charge is 2.32. The van der Waals surface area contributed by atoms with Crippen LogP contribution in [0.3, 0.4) is 0 Å². The zero-order chi connectivity index (χ0) is 23.5. The molecule has 3 heterocycles. The topological polar surface area (TPSA) is 121 Å². The molecular formula is C23H25N7O3. The molecule has 0 bridgehead atoms. The van der Waals surface area contributed by atoms with Crippen LogP contribution in [0.1, 0.15) is 23.2 Å². The largest absolute Gasteiger partial charge is 0.496 e. The molecule has 0 radical (unpaired) electrons. The molecule has 10 heteroatoms. The van der Waals surface area contributed by atoms with E-state index in [1.165, 1.54) is 0 Å². The molecule has 170 valence electrons. The standard InChI is InChI=1S/C22H22N6O2.CH3NO/c1-26(15-8-9-15)22(29)17-13-23-27(2)20(17)14-10-11-28-19(12-14)24-21(25-28)16-6-4-5-7-18(16)30-3;2-1-3/h4-7,10-13,15H,8-9H2,1-3H3;1H,(H2,2,3). The number of pyridine rings is 1. The SMILES string of the molecule is COc1ccccc1-c1nc2cc(-c3c(C(=O)N(C)C4CC4)cnn3C)ccn2n1.NC=O. The average Bonchev–Trinajstić information content (AvgIpc) is 3.48. The lowest BCUT2D eigenvalue weighted by atomic mass is 10.1. The quantitative estimate of drug-likeness (QED) is 0.468. The van der Waals surface area contributed by atoms with Gasteiger partial charge in [0.25, 0.3) is 5.91 Å². The highest BCUT2D eigenvalue weighted by molar-refractivity contribution is 6.00. The number of aryl methyl sites for hydroxylation is 1. The van der Waals surface area contributed by atoms with E-state index in [1.54, 1.807) is 22.5 Å². The van der Waals surface area contributed by atoms with E-state index < -0.39 is 0 Å². The Bertz CT molecular complexity index is 1310. The number of methoxy groups -OCH3 is 1. The summed E-state index contributed by atoms with van der Waals surface area (Å²) >= 11 is 0. The van der Waals surface area contributed by atoms with Gasteiger partial charge in [0, 0.05) is 31.9 Å². The van der Waals surface area contributed by atoms with Gasteiger partial charge in [-0.05, 0) is 37.1 Å². The summed E-state index contributed by atoms with van der Waals surface area (Å²) in [4.78, 5) is 28.1. The first kappa shape index (κ1) is 22.0. The normalized spacial score (nSPS) is 12.7. The predicted molar refractivity (Wildman–Crippen MR) is 123 cm³/mol. The van der Waals surface area contributed by atoms with Crippen molar-refractivity contribution in [2.75, 3.05) is 14.2 Å². The van der Waals surface area contributed by atoms with Gasteiger partial charge in [0.1, 0.15) is 5.75 Å². The van der Waals surface area contributed by atoms with Crippen LogP contribution < -0.4 is 10.5 Å². The Kier molecular flexibility index (Phi) is 6.07. The molecule has 3 aromatic heterocycles. The summed E-state index contributed by atoms with van der Waals surface area (Å²) in [6, 6.07) is 11.9. The van der Waals surface area contributed by atoms with E-state index in [0.29, 0.717) is 23.1 Å². The number of carbonyl (C=O) groups excluding carboxylic acids is 2. The molecule has 5 rings (SSSR count). The number of amides is 2. The molecule has 10 nitrogen and oxygen atoms in total. The second-order valence-corrected chi connectivity index (χ2v) is 7.67. The monoisotopic (exact) mass is 447 g/mol. The minimum Gasteiger partial charge on any atom is -0.496 e. The summed E-state index contributed by atoms with van der Waals surface area (Å²) in [5.74, 6) is 1.30. The Hall–Kier alpha value is -4.21. The van der Waals surface area contributed by atoms with Gasteiger partial charge in [0.05, 0.1) is 30.1 Å². The third kappa shape index (κ3) is 4.27. The highest BCUT2D eigenvalue weighted by Crippen LogP contribution is 2.31. The van der Waals surface area contributed by atoms with Crippen LogP contribution in [-0.4, -0.2) is 61.8 Å². The van der Waals surface area contributed by atoms with Crippen LogP contribution in [-0.2, 0) is 11.8 Å². The molecule has 1 aromatic carbocycles. The van der Waals surface area contributed by atoms with Crippen molar-refractivity contribution in [2.24, 2.45) is 12.8 Å². The van der Waals surface area contributed by atoms with E-state index in [4.69, 9.17) is 9.53 Å². The van der Waals surface area contributed by atoms with Crippen LogP contribution in [0.5, 0.6) is 5.75 Å². The number of primary amides is 1. The molecular weight excluding hydrogens is 422 g/mol. The van der Waals surface area contributed by atoms with Gasteiger partial charge in [-0.15, -0.1) is 5.10 Å². The van der Waals surface area contributed by atoms with E-state index >= 15 is 0 Å². The fraction of sp³-hybridized carbons (Fsp3) is 0.261. The molecule has 1 aliphatic rings. The maximum Gasteiger partial charge on any atom is 0.257 e.